The third-order valence-electron chi connectivity index (χ3n) is 8.26. The zero-order valence-corrected chi connectivity index (χ0v) is 24.5. The molecule has 0 bridgehead atoms. The minimum absolute atomic E-state index is 0.141. The number of amides is 1. The molecule has 1 amide bonds. The molecule has 2 atom stereocenters. The van der Waals surface area contributed by atoms with E-state index >= 15 is 4.79 Å². The van der Waals surface area contributed by atoms with Crippen LogP contribution in [0.3, 0.4) is 0 Å². The summed E-state index contributed by atoms with van der Waals surface area (Å²) in [4.78, 5) is 31.5. The van der Waals surface area contributed by atoms with Crippen molar-refractivity contribution in [3.8, 4) is 0 Å². The van der Waals surface area contributed by atoms with Crippen molar-refractivity contribution in [3.63, 3.8) is 0 Å². The molecule has 4 nitrogen and oxygen atoms in total. The van der Waals surface area contributed by atoms with Gasteiger partial charge in [0.25, 0.3) is 5.91 Å². The van der Waals surface area contributed by atoms with Crippen LogP contribution in [0.2, 0.25) is 10.0 Å². The van der Waals surface area contributed by atoms with Crippen LogP contribution in [-0.2, 0) is 16.9 Å². The average molecular weight is 602 g/mol. The first-order chi connectivity index (χ1) is 21.0. The van der Waals surface area contributed by atoms with Gasteiger partial charge in [0.1, 0.15) is 0 Å². The highest BCUT2D eigenvalue weighted by atomic mass is 35.5. The molecule has 6 heteroatoms. The minimum Gasteiger partial charge on any atom is -0.305 e. The van der Waals surface area contributed by atoms with E-state index in [0.717, 1.165) is 27.9 Å². The Morgan fingerprint density at radius 2 is 1.37 bits per heavy atom. The quantitative estimate of drug-likeness (QED) is 0.199. The summed E-state index contributed by atoms with van der Waals surface area (Å²) >= 11 is 12.8. The van der Waals surface area contributed by atoms with Gasteiger partial charge in [-0.25, -0.2) is 0 Å². The lowest BCUT2D eigenvalue weighted by Gasteiger charge is -2.29. The number of rotatable bonds is 6. The van der Waals surface area contributed by atoms with Crippen LogP contribution in [0.5, 0.6) is 0 Å². The predicted molar refractivity (Wildman–Crippen MR) is 172 cm³/mol. The fourth-order valence-corrected chi connectivity index (χ4v) is 6.68. The number of halogens is 2. The fraction of sp³-hybridized carbons (Fsp3) is 0.0811. The summed E-state index contributed by atoms with van der Waals surface area (Å²) in [6.07, 6.45) is 0. The molecule has 0 aromatic heterocycles. The van der Waals surface area contributed by atoms with Gasteiger partial charge in [-0.3, -0.25) is 14.9 Å². The molecular weight excluding hydrogens is 575 g/mol. The molecule has 1 spiro atoms. The van der Waals surface area contributed by atoms with E-state index in [-0.39, 0.29) is 11.7 Å². The van der Waals surface area contributed by atoms with Gasteiger partial charge < -0.3 is 4.90 Å². The van der Waals surface area contributed by atoms with Gasteiger partial charge in [0.15, 0.2) is 11.3 Å². The molecule has 210 valence electrons. The number of nitrogens with zero attached hydrogens (tertiary/aromatic N) is 1. The summed E-state index contributed by atoms with van der Waals surface area (Å²) in [7, 11) is 0. The van der Waals surface area contributed by atoms with Crippen molar-refractivity contribution in [2.75, 3.05) is 4.90 Å². The van der Waals surface area contributed by atoms with E-state index in [0.29, 0.717) is 33.3 Å². The van der Waals surface area contributed by atoms with Crippen LogP contribution in [0.15, 0.2) is 139 Å². The number of carbonyl (C=O) groups is 2. The van der Waals surface area contributed by atoms with Gasteiger partial charge in [-0.1, -0.05) is 138 Å². The van der Waals surface area contributed by atoms with Gasteiger partial charge in [0.05, 0.1) is 28.3 Å². The second-order valence-corrected chi connectivity index (χ2v) is 11.6. The second-order valence-electron chi connectivity index (χ2n) is 10.7. The molecular formula is C37H26Cl2N2O2. The molecule has 0 unspecified atom stereocenters. The van der Waals surface area contributed by atoms with Gasteiger partial charge in [-0.15, -0.1) is 0 Å². The van der Waals surface area contributed by atoms with Crippen LogP contribution in [0.4, 0.5) is 5.69 Å². The highest BCUT2D eigenvalue weighted by molar-refractivity contribution is 6.42. The lowest BCUT2D eigenvalue weighted by Crippen LogP contribution is -2.49. The highest BCUT2D eigenvalue weighted by Crippen LogP contribution is 2.56. The lowest BCUT2D eigenvalue weighted by atomic mass is 9.79. The van der Waals surface area contributed by atoms with Crippen molar-refractivity contribution in [2.24, 2.45) is 0 Å². The monoisotopic (exact) mass is 600 g/mol. The third-order valence-corrected chi connectivity index (χ3v) is 9.00. The first-order valence-electron chi connectivity index (χ1n) is 14.1. The normalized spacial score (nSPS) is 19.3. The Hall–Kier alpha value is -4.48. The second kappa shape index (κ2) is 11.0. The zero-order chi connectivity index (χ0) is 29.6. The highest BCUT2D eigenvalue weighted by Gasteiger charge is 2.60. The maximum absolute atomic E-state index is 15.0. The summed E-state index contributed by atoms with van der Waals surface area (Å²) < 4.78 is 0. The molecule has 0 fully saturated rings. The average Bonchev–Trinajstić information content (AvgIpc) is 3.53. The Morgan fingerprint density at radius 1 is 0.744 bits per heavy atom. The summed E-state index contributed by atoms with van der Waals surface area (Å²) in [5.41, 5.74) is 4.50. The summed E-state index contributed by atoms with van der Waals surface area (Å²) in [5, 5.41) is 4.50. The van der Waals surface area contributed by atoms with E-state index in [9.17, 15) is 4.79 Å². The Labute approximate surface area is 260 Å². The maximum Gasteiger partial charge on any atom is 0.257 e. The predicted octanol–water partition coefficient (Wildman–Crippen LogP) is 8.42. The topological polar surface area (TPSA) is 49.4 Å². The van der Waals surface area contributed by atoms with Crippen LogP contribution in [-0.4, -0.2) is 11.7 Å². The number of hydrogen-bond acceptors (Lipinski definition) is 3. The Balaban J connectivity index is 1.52. The molecule has 2 aliphatic rings. The van der Waals surface area contributed by atoms with E-state index in [2.05, 4.69) is 5.32 Å². The fourth-order valence-electron chi connectivity index (χ4n) is 6.37. The molecule has 2 aliphatic heterocycles. The summed E-state index contributed by atoms with van der Waals surface area (Å²) in [5.74, 6) is -0.302. The van der Waals surface area contributed by atoms with E-state index in [1.807, 2.05) is 114 Å². The number of nitrogens with one attached hydrogen (secondary N) is 1. The maximum atomic E-state index is 15.0. The van der Waals surface area contributed by atoms with Crippen LogP contribution >= 0.6 is 23.2 Å². The molecule has 2 heterocycles. The Bertz CT molecular complexity index is 1890. The van der Waals surface area contributed by atoms with Crippen LogP contribution < -0.4 is 10.2 Å². The third kappa shape index (κ3) is 4.50. The molecule has 0 saturated heterocycles. The van der Waals surface area contributed by atoms with Crippen molar-refractivity contribution in [1.29, 1.82) is 0 Å². The van der Waals surface area contributed by atoms with Gasteiger partial charge in [0.2, 0.25) is 0 Å². The summed E-state index contributed by atoms with van der Waals surface area (Å²) in [6.45, 7) is 0.390. The van der Waals surface area contributed by atoms with E-state index in [1.54, 1.807) is 24.3 Å². The summed E-state index contributed by atoms with van der Waals surface area (Å²) in [6, 6.07) is 41.4. The smallest absolute Gasteiger partial charge is 0.257 e. The number of carbonyl (C=O) groups excluding carboxylic acids is 2. The number of hydrogen-bond donors (Lipinski definition) is 1. The first kappa shape index (κ1) is 27.4. The van der Waals surface area contributed by atoms with Gasteiger partial charge >= 0.3 is 0 Å². The molecule has 0 radical (unpaired) electrons. The molecule has 5 aromatic carbocycles. The van der Waals surface area contributed by atoms with Gasteiger partial charge in [0, 0.05) is 22.3 Å². The molecule has 0 aliphatic carbocycles. The standard InChI is InChI=1S/C37H26Cl2N2O2/c38-29-21-20-27(22-30(29)39)34-32(35(42)26-16-8-3-9-17-26)33(25-14-6-2-7-15-25)37(40-34)28-18-10-11-19-31(28)41(36(37)43)23-24-12-4-1-5-13-24/h1-22,34,40H,23H2/t34-,37-/m1/s1. The van der Waals surface area contributed by atoms with Gasteiger partial charge in [-0.05, 0) is 34.9 Å². The lowest BCUT2D eigenvalue weighted by molar-refractivity contribution is -0.122. The molecule has 43 heavy (non-hydrogen) atoms. The minimum atomic E-state index is -1.33. The van der Waals surface area contributed by atoms with Crippen molar-refractivity contribution < 1.29 is 9.59 Å². The van der Waals surface area contributed by atoms with Crippen molar-refractivity contribution in [2.45, 2.75) is 18.1 Å². The SMILES string of the molecule is O=C(C1=C(c2ccccc2)[C@@]2(N[C@@H]1c1ccc(Cl)c(Cl)c1)C(=O)N(Cc1ccccc1)c1ccccc12)c1ccccc1. The van der Waals surface area contributed by atoms with Crippen LogP contribution in [0.25, 0.3) is 5.57 Å². The van der Waals surface area contributed by atoms with Gasteiger partial charge in [-0.2, -0.15) is 0 Å². The number of fused-ring (bicyclic) bond motifs is 2. The number of ketones is 1. The Morgan fingerprint density at radius 3 is 2.07 bits per heavy atom. The van der Waals surface area contributed by atoms with Crippen molar-refractivity contribution in [1.82, 2.24) is 5.32 Å². The largest absolute Gasteiger partial charge is 0.305 e. The molecule has 1 N–H and O–H groups in total. The van der Waals surface area contributed by atoms with Crippen molar-refractivity contribution >= 4 is 46.2 Å². The zero-order valence-electron chi connectivity index (χ0n) is 23.0. The number of para-hydroxylation sites is 1. The Kier molecular flexibility index (Phi) is 6.98. The number of anilines is 1. The van der Waals surface area contributed by atoms with E-state index < -0.39 is 11.6 Å². The number of Topliss-reactive ketones (excluding diaryl/α,β-unsaturated/α-hetero) is 1. The van der Waals surface area contributed by atoms with Crippen LogP contribution in [0.1, 0.15) is 38.7 Å². The molecule has 5 aromatic rings. The van der Waals surface area contributed by atoms with E-state index in [1.165, 1.54) is 0 Å². The van der Waals surface area contributed by atoms with E-state index in [4.69, 9.17) is 23.2 Å². The molecule has 0 saturated carbocycles. The first-order valence-corrected chi connectivity index (χ1v) is 14.8. The molecule has 7 rings (SSSR count). The van der Waals surface area contributed by atoms with Crippen LogP contribution in [0, 0.1) is 0 Å². The van der Waals surface area contributed by atoms with Crippen molar-refractivity contribution in [3.05, 3.63) is 177 Å². The number of benzene rings is 5.